The molecular formula is C12H12ClFO3. The Balaban J connectivity index is 2.84. The van der Waals surface area contributed by atoms with Crippen LogP contribution >= 0.6 is 11.6 Å². The van der Waals surface area contributed by atoms with Gasteiger partial charge in [-0.1, -0.05) is 23.7 Å². The van der Waals surface area contributed by atoms with Crippen LogP contribution in [0.3, 0.4) is 0 Å². The maximum atomic E-state index is 13.5. The number of halogens is 2. The molecule has 0 N–H and O–H groups in total. The quantitative estimate of drug-likeness (QED) is 0.474. The number of carbonyl (C=O) groups is 2. The van der Waals surface area contributed by atoms with Gasteiger partial charge >= 0.3 is 5.97 Å². The Labute approximate surface area is 104 Å². The SMILES string of the molecule is CC(C)OC(=O)C(F)C(=O)c1ccccc1Cl. The van der Waals surface area contributed by atoms with Crippen LogP contribution in [0.2, 0.25) is 5.02 Å². The van der Waals surface area contributed by atoms with E-state index in [1.807, 2.05) is 0 Å². The average molecular weight is 259 g/mol. The van der Waals surface area contributed by atoms with Crippen LogP contribution in [-0.2, 0) is 9.53 Å². The molecular weight excluding hydrogens is 247 g/mol. The molecule has 1 unspecified atom stereocenters. The topological polar surface area (TPSA) is 43.4 Å². The Hall–Kier alpha value is -1.42. The number of rotatable bonds is 4. The first kappa shape index (κ1) is 13.6. The first-order valence-corrected chi connectivity index (χ1v) is 5.44. The fourth-order valence-corrected chi connectivity index (χ4v) is 1.43. The molecule has 0 aliphatic heterocycles. The van der Waals surface area contributed by atoms with E-state index in [-0.39, 0.29) is 10.6 Å². The minimum atomic E-state index is -2.34. The van der Waals surface area contributed by atoms with Crippen molar-refractivity contribution in [3.63, 3.8) is 0 Å². The molecule has 0 radical (unpaired) electrons. The van der Waals surface area contributed by atoms with Gasteiger partial charge in [0.25, 0.3) is 6.17 Å². The molecule has 1 rings (SSSR count). The Kier molecular flexibility index (Phi) is 4.63. The van der Waals surface area contributed by atoms with Gasteiger partial charge in [-0.2, -0.15) is 0 Å². The van der Waals surface area contributed by atoms with Gasteiger partial charge in [0.15, 0.2) is 0 Å². The molecule has 3 nitrogen and oxygen atoms in total. The van der Waals surface area contributed by atoms with Crippen molar-refractivity contribution in [1.29, 1.82) is 0 Å². The third-order valence-corrected chi connectivity index (χ3v) is 2.26. The zero-order valence-electron chi connectivity index (χ0n) is 9.44. The van der Waals surface area contributed by atoms with Gasteiger partial charge in [-0.25, -0.2) is 9.18 Å². The number of ether oxygens (including phenoxy) is 1. The zero-order chi connectivity index (χ0) is 13.0. The van der Waals surface area contributed by atoms with Gasteiger partial charge < -0.3 is 4.74 Å². The molecule has 0 heterocycles. The number of hydrogen-bond acceptors (Lipinski definition) is 3. The number of alkyl halides is 1. The third kappa shape index (κ3) is 3.53. The van der Waals surface area contributed by atoms with Crippen molar-refractivity contribution < 1.29 is 18.7 Å². The highest BCUT2D eigenvalue weighted by Gasteiger charge is 2.30. The van der Waals surface area contributed by atoms with Crippen molar-refractivity contribution in [3.05, 3.63) is 34.9 Å². The Morgan fingerprint density at radius 1 is 1.29 bits per heavy atom. The summed E-state index contributed by atoms with van der Waals surface area (Å²) in [5.41, 5.74) is -0.0256. The summed E-state index contributed by atoms with van der Waals surface area (Å²) in [7, 11) is 0. The molecule has 0 amide bonds. The number of carbonyl (C=O) groups excluding carboxylic acids is 2. The molecule has 5 heteroatoms. The Morgan fingerprint density at radius 3 is 2.41 bits per heavy atom. The first-order chi connectivity index (χ1) is 7.93. The summed E-state index contributed by atoms with van der Waals surface area (Å²) in [6.07, 6.45) is -2.81. The van der Waals surface area contributed by atoms with Crippen LogP contribution in [0.15, 0.2) is 24.3 Å². The minimum absolute atomic E-state index is 0.0256. The maximum Gasteiger partial charge on any atom is 0.349 e. The van der Waals surface area contributed by atoms with Crippen molar-refractivity contribution in [2.45, 2.75) is 26.1 Å². The van der Waals surface area contributed by atoms with E-state index in [9.17, 15) is 14.0 Å². The van der Waals surface area contributed by atoms with Crippen molar-refractivity contribution >= 4 is 23.4 Å². The highest BCUT2D eigenvalue weighted by Crippen LogP contribution is 2.18. The highest BCUT2D eigenvalue weighted by molar-refractivity contribution is 6.34. The molecule has 0 aromatic heterocycles. The zero-order valence-corrected chi connectivity index (χ0v) is 10.2. The predicted octanol–water partition coefficient (Wildman–Crippen LogP) is 2.81. The summed E-state index contributed by atoms with van der Waals surface area (Å²) < 4.78 is 18.1. The molecule has 17 heavy (non-hydrogen) atoms. The molecule has 92 valence electrons. The lowest BCUT2D eigenvalue weighted by atomic mass is 10.1. The molecule has 0 aliphatic carbocycles. The molecule has 1 aromatic rings. The second kappa shape index (κ2) is 5.77. The molecule has 1 aromatic carbocycles. The van der Waals surface area contributed by atoms with E-state index in [0.29, 0.717) is 0 Å². The molecule has 0 aliphatic rings. The van der Waals surface area contributed by atoms with Gasteiger partial charge in [0.05, 0.1) is 11.1 Å². The summed E-state index contributed by atoms with van der Waals surface area (Å²) in [6, 6.07) is 5.97. The van der Waals surface area contributed by atoms with E-state index in [1.165, 1.54) is 12.1 Å². The van der Waals surface area contributed by atoms with Crippen molar-refractivity contribution in [2.75, 3.05) is 0 Å². The fraction of sp³-hybridized carbons (Fsp3) is 0.333. The molecule has 1 atom stereocenters. The van der Waals surface area contributed by atoms with E-state index in [2.05, 4.69) is 4.74 Å². The lowest BCUT2D eigenvalue weighted by Crippen LogP contribution is -2.29. The number of Topliss-reactive ketones (excluding diaryl/α,β-unsaturated/α-hetero) is 1. The number of ketones is 1. The monoisotopic (exact) mass is 258 g/mol. The summed E-state index contributed by atoms with van der Waals surface area (Å²) >= 11 is 5.73. The first-order valence-electron chi connectivity index (χ1n) is 5.06. The lowest BCUT2D eigenvalue weighted by molar-refractivity contribution is -0.151. The highest BCUT2D eigenvalue weighted by atomic mass is 35.5. The Bertz CT molecular complexity index is 432. The minimum Gasteiger partial charge on any atom is -0.460 e. The number of hydrogen-bond donors (Lipinski definition) is 0. The van der Waals surface area contributed by atoms with Gasteiger partial charge in [0, 0.05) is 5.56 Å². The Morgan fingerprint density at radius 2 is 1.88 bits per heavy atom. The predicted molar refractivity (Wildman–Crippen MR) is 61.9 cm³/mol. The lowest BCUT2D eigenvalue weighted by Gasteiger charge is -2.11. The second-order valence-corrected chi connectivity index (χ2v) is 4.10. The van der Waals surface area contributed by atoms with E-state index >= 15 is 0 Å². The smallest absolute Gasteiger partial charge is 0.349 e. The van der Waals surface area contributed by atoms with E-state index < -0.39 is 24.0 Å². The second-order valence-electron chi connectivity index (χ2n) is 3.69. The summed E-state index contributed by atoms with van der Waals surface area (Å²) in [5, 5.41) is 0.109. The maximum absolute atomic E-state index is 13.5. The summed E-state index contributed by atoms with van der Waals surface area (Å²) in [5.74, 6) is -2.17. The van der Waals surface area contributed by atoms with Crippen LogP contribution in [-0.4, -0.2) is 24.0 Å². The molecule has 0 saturated heterocycles. The van der Waals surface area contributed by atoms with Crippen LogP contribution in [0.1, 0.15) is 24.2 Å². The van der Waals surface area contributed by atoms with Gasteiger partial charge in [0.1, 0.15) is 0 Å². The number of benzene rings is 1. The molecule has 0 saturated carbocycles. The van der Waals surface area contributed by atoms with E-state index in [4.69, 9.17) is 11.6 Å². The largest absolute Gasteiger partial charge is 0.460 e. The fourth-order valence-electron chi connectivity index (χ4n) is 1.20. The molecule has 0 spiro atoms. The standard InChI is InChI=1S/C12H12ClFO3/c1-7(2)17-12(16)10(14)11(15)8-5-3-4-6-9(8)13/h3-7,10H,1-2H3. The normalized spacial score (nSPS) is 12.3. The summed E-state index contributed by atoms with van der Waals surface area (Å²) in [4.78, 5) is 22.8. The van der Waals surface area contributed by atoms with Crippen molar-refractivity contribution in [3.8, 4) is 0 Å². The van der Waals surface area contributed by atoms with Gasteiger partial charge in [-0.3, -0.25) is 4.79 Å². The van der Waals surface area contributed by atoms with Crippen LogP contribution in [0.25, 0.3) is 0 Å². The molecule has 0 bridgehead atoms. The third-order valence-electron chi connectivity index (χ3n) is 1.93. The number of esters is 1. The van der Waals surface area contributed by atoms with Crippen LogP contribution < -0.4 is 0 Å². The van der Waals surface area contributed by atoms with Crippen LogP contribution in [0.5, 0.6) is 0 Å². The van der Waals surface area contributed by atoms with Crippen LogP contribution in [0, 0.1) is 0 Å². The van der Waals surface area contributed by atoms with Gasteiger partial charge in [-0.15, -0.1) is 0 Å². The van der Waals surface area contributed by atoms with Gasteiger partial charge in [-0.05, 0) is 26.0 Å². The average Bonchev–Trinajstić information content (AvgIpc) is 2.27. The van der Waals surface area contributed by atoms with Crippen LogP contribution in [0.4, 0.5) is 4.39 Å². The van der Waals surface area contributed by atoms with E-state index in [1.54, 1.807) is 26.0 Å². The van der Waals surface area contributed by atoms with E-state index in [0.717, 1.165) is 0 Å². The molecule has 0 fully saturated rings. The van der Waals surface area contributed by atoms with Gasteiger partial charge in [0.2, 0.25) is 5.78 Å². The van der Waals surface area contributed by atoms with Crippen molar-refractivity contribution in [1.82, 2.24) is 0 Å². The van der Waals surface area contributed by atoms with Crippen molar-refractivity contribution in [2.24, 2.45) is 0 Å². The summed E-state index contributed by atoms with van der Waals surface area (Å²) in [6.45, 7) is 3.15.